The van der Waals surface area contributed by atoms with E-state index in [0.29, 0.717) is 19.8 Å². The summed E-state index contributed by atoms with van der Waals surface area (Å²) in [6.07, 6.45) is 0. The minimum atomic E-state index is -0.616. The van der Waals surface area contributed by atoms with E-state index in [1.807, 2.05) is 31.2 Å². The Hall–Kier alpha value is -1.84. The number of benzene rings is 2. The molecule has 110 valence electrons. The van der Waals surface area contributed by atoms with Gasteiger partial charge in [0.05, 0.1) is 13.2 Å². The lowest BCUT2D eigenvalue weighted by molar-refractivity contribution is -0.149. The molecule has 1 heterocycles. The number of ether oxygens (including phenoxy) is 3. The smallest absolute Gasteiger partial charge is 0.192 e. The molecule has 1 aliphatic rings. The van der Waals surface area contributed by atoms with Crippen molar-refractivity contribution in [3.05, 3.63) is 65.2 Å². The highest BCUT2D eigenvalue weighted by Gasteiger charge is 2.32. The van der Waals surface area contributed by atoms with Crippen molar-refractivity contribution in [1.29, 1.82) is 0 Å². The van der Waals surface area contributed by atoms with Gasteiger partial charge in [-0.2, -0.15) is 0 Å². The van der Waals surface area contributed by atoms with Crippen LogP contribution in [0.5, 0.6) is 5.75 Å². The minimum Gasteiger partial charge on any atom is -0.489 e. The summed E-state index contributed by atoms with van der Waals surface area (Å²) < 4.78 is 17.1. The summed E-state index contributed by atoms with van der Waals surface area (Å²) in [7, 11) is 0. The fraction of sp³-hybridized carbons (Fsp3) is 0.333. The summed E-state index contributed by atoms with van der Waals surface area (Å²) in [5.41, 5.74) is 3.44. The molecule has 2 aromatic rings. The van der Waals surface area contributed by atoms with Gasteiger partial charge in [0.1, 0.15) is 12.4 Å². The van der Waals surface area contributed by atoms with Gasteiger partial charge in [0.2, 0.25) is 0 Å². The Balaban J connectivity index is 1.63. The fourth-order valence-electron chi connectivity index (χ4n) is 2.39. The molecule has 1 fully saturated rings. The molecule has 0 amide bonds. The second-order valence-corrected chi connectivity index (χ2v) is 5.44. The Morgan fingerprint density at radius 3 is 2.19 bits per heavy atom. The molecule has 21 heavy (non-hydrogen) atoms. The van der Waals surface area contributed by atoms with E-state index in [0.717, 1.165) is 11.3 Å². The van der Waals surface area contributed by atoms with Gasteiger partial charge in [-0.3, -0.25) is 0 Å². The molecule has 3 nitrogen and oxygen atoms in total. The fourth-order valence-corrected chi connectivity index (χ4v) is 2.39. The zero-order valence-corrected chi connectivity index (χ0v) is 12.5. The first kappa shape index (κ1) is 14.1. The maximum absolute atomic E-state index is 5.80. The third-order valence-corrected chi connectivity index (χ3v) is 3.74. The van der Waals surface area contributed by atoms with Gasteiger partial charge in [0, 0.05) is 5.56 Å². The lowest BCUT2D eigenvalue weighted by atomic mass is 10.1. The zero-order chi connectivity index (χ0) is 14.7. The molecule has 0 atom stereocenters. The van der Waals surface area contributed by atoms with Crippen LogP contribution in [0.2, 0.25) is 0 Å². The van der Waals surface area contributed by atoms with E-state index in [9.17, 15) is 0 Å². The number of hydrogen-bond donors (Lipinski definition) is 0. The van der Waals surface area contributed by atoms with Crippen molar-refractivity contribution in [3.8, 4) is 5.75 Å². The van der Waals surface area contributed by atoms with E-state index in [4.69, 9.17) is 14.2 Å². The third-order valence-electron chi connectivity index (χ3n) is 3.74. The van der Waals surface area contributed by atoms with Gasteiger partial charge in [-0.1, -0.05) is 29.8 Å². The molecular weight excluding hydrogens is 264 g/mol. The Labute approximate surface area is 125 Å². The monoisotopic (exact) mass is 284 g/mol. The highest BCUT2D eigenvalue weighted by atomic mass is 16.7. The van der Waals surface area contributed by atoms with Crippen molar-refractivity contribution in [2.45, 2.75) is 26.2 Å². The lowest BCUT2D eigenvalue weighted by Crippen LogP contribution is -2.22. The van der Waals surface area contributed by atoms with E-state index in [1.54, 1.807) is 0 Å². The maximum Gasteiger partial charge on any atom is 0.192 e. The Morgan fingerprint density at radius 2 is 1.57 bits per heavy atom. The highest BCUT2D eigenvalue weighted by molar-refractivity contribution is 5.30. The Kier molecular flexibility index (Phi) is 3.95. The van der Waals surface area contributed by atoms with Crippen LogP contribution in [0.4, 0.5) is 0 Å². The molecular formula is C18H20O3. The summed E-state index contributed by atoms with van der Waals surface area (Å²) in [6, 6.07) is 16.3. The van der Waals surface area contributed by atoms with Crippen molar-refractivity contribution >= 4 is 0 Å². The SMILES string of the molecule is Cc1ccc(COc2ccc(C3(C)OCCO3)cc2)cc1. The van der Waals surface area contributed by atoms with Gasteiger partial charge in [-0.15, -0.1) is 0 Å². The van der Waals surface area contributed by atoms with E-state index >= 15 is 0 Å². The number of rotatable bonds is 4. The molecule has 3 heteroatoms. The molecule has 0 N–H and O–H groups in total. The van der Waals surface area contributed by atoms with Gasteiger partial charge in [0.15, 0.2) is 5.79 Å². The van der Waals surface area contributed by atoms with Crippen molar-refractivity contribution in [2.75, 3.05) is 13.2 Å². The topological polar surface area (TPSA) is 27.7 Å². The first-order valence-electron chi connectivity index (χ1n) is 7.22. The second-order valence-electron chi connectivity index (χ2n) is 5.44. The number of aryl methyl sites for hydroxylation is 1. The van der Waals surface area contributed by atoms with Crippen molar-refractivity contribution in [2.24, 2.45) is 0 Å². The molecule has 0 bridgehead atoms. The van der Waals surface area contributed by atoms with E-state index in [-0.39, 0.29) is 0 Å². The number of hydrogen-bond acceptors (Lipinski definition) is 3. The van der Waals surface area contributed by atoms with Gasteiger partial charge < -0.3 is 14.2 Å². The van der Waals surface area contributed by atoms with E-state index in [1.165, 1.54) is 11.1 Å². The van der Waals surface area contributed by atoms with Crippen LogP contribution in [-0.2, 0) is 21.9 Å². The first-order chi connectivity index (χ1) is 10.2. The molecule has 1 aliphatic heterocycles. The van der Waals surface area contributed by atoms with Gasteiger partial charge >= 0.3 is 0 Å². The minimum absolute atomic E-state index is 0.573. The van der Waals surface area contributed by atoms with Crippen molar-refractivity contribution in [1.82, 2.24) is 0 Å². The average Bonchev–Trinajstić information content (AvgIpc) is 2.95. The van der Waals surface area contributed by atoms with Crippen LogP contribution >= 0.6 is 0 Å². The zero-order valence-electron chi connectivity index (χ0n) is 12.5. The summed E-state index contributed by atoms with van der Waals surface area (Å²) in [5.74, 6) is 0.232. The quantitative estimate of drug-likeness (QED) is 0.855. The van der Waals surface area contributed by atoms with Crippen LogP contribution in [0.3, 0.4) is 0 Å². The molecule has 1 saturated heterocycles. The molecule has 0 unspecified atom stereocenters. The largest absolute Gasteiger partial charge is 0.489 e. The Bertz CT molecular complexity index is 581. The second kappa shape index (κ2) is 5.88. The predicted molar refractivity (Wildman–Crippen MR) is 81.2 cm³/mol. The third kappa shape index (κ3) is 3.26. The average molecular weight is 284 g/mol. The first-order valence-corrected chi connectivity index (χ1v) is 7.22. The highest BCUT2D eigenvalue weighted by Crippen LogP contribution is 2.31. The lowest BCUT2D eigenvalue weighted by Gasteiger charge is -2.22. The van der Waals surface area contributed by atoms with E-state index in [2.05, 4.69) is 31.2 Å². The van der Waals surface area contributed by atoms with Crippen LogP contribution in [-0.4, -0.2) is 13.2 Å². The van der Waals surface area contributed by atoms with E-state index < -0.39 is 5.79 Å². The normalized spacial score (nSPS) is 16.9. The van der Waals surface area contributed by atoms with Crippen LogP contribution < -0.4 is 4.74 Å². The summed E-state index contributed by atoms with van der Waals surface area (Å²) in [5, 5.41) is 0. The van der Waals surface area contributed by atoms with Crippen molar-refractivity contribution in [3.63, 3.8) is 0 Å². The molecule has 0 saturated carbocycles. The van der Waals surface area contributed by atoms with Crippen LogP contribution in [0.15, 0.2) is 48.5 Å². The van der Waals surface area contributed by atoms with Crippen molar-refractivity contribution < 1.29 is 14.2 Å². The molecule has 0 aliphatic carbocycles. The Morgan fingerprint density at radius 1 is 0.952 bits per heavy atom. The molecule has 0 aromatic heterocycles. The molecule has 3 rings (SSSR count). The van der Waals surface area contributed by atoms with Gasteiger partial charge in [-0.25, -0.2) is 0 Å². The van der Waals surface area contributed by atoms with Crippen LogP contribution in [0.25, 0.3) is 0 Å². The predicted octanol–water partition coefficient (Wildman–Crippen LogP) is 3.79. The van der Waals surface area contributed by atoms with Crippen LogP contribution in [0.1, 0.15) is 23.6 Å². The molecule has 0 radical (unpaired) electrons. The summed E-state index contributed by atoms with van der Waals surface area (Å²) in [4.78, 5) is 0. The van der Waals surface area contributed by atoms with Gasteiger partial charge in [-0.05, 0) is 43.7 Å². The summed E-state index contributed by atoms with van der Waals surface area (Å²) in [6.45, 7) is 5.88. The maximum atomic E-state index is 5.80. The summed E-state index contributed by atoms with van der Waals surface area (Å²) >= 11 is 0. The molecule has 0 spiro atoms. The standard InChI is InChI=1S/C18H20O3/c1-14-3-5-15(6-4-14)13-19-17-9-7-16(8-10-17)18(2)20-11-12-21-18/h3-10H,11-13H2,1-2H3. The molecule has 2 aromatic carbocycles. The van der Waals surface area contributed by atoms with Gasteiger partial charge in [0.25, 0.3) is 0 Å². The van der Waals surface area contributed by atoms with Crippen LogP contribution in [0, 0.1) is 6.92 Å².